The Bertz CT molecular complexity index is 249. The van der Waals surface area contributed by atoms with Crippen molar-refractivity contribution in [2.24, 2.45) is 0 Å². The highest BCUT2D eigenvalue weighted by Crippen LogP contribution is 2.30. The predicted octanol–water partition coefficient (Wildman–Crippen LogP) is 1.56. The monoisotopic (exact) mass is 243 g/mol. The largest absolute Gasteiger partial charge is 0.466 e. The van der Waals surface area contributed by atoms with Crippen LogP contribution in [0.15, 0.2) is 0 Å². The Morgan fingerprint density at radius 2 is 2.06 bits per heavy atom. The van der Waals surface area contributed by atoms with Crippen LogP contribution in [-0.2, 0) is 9.53 Å². The molecule has 1 aliphatic carbocycles. The van der Waals surface area contributed by atoms with Gasteiger partial charge >= 0.3 is 5.97 Å². The number of rotatable bonds is 6. The second-order valence-corrected chi connectivity index (χ2v) is 5.20. The van der Waals surface area contributed by atoms with Crippen molar-refractivity contribution in [2.75, 3.05) is 20.2 Å². The number of hydrogen-bond donors (Lipinski definition) is 1. The number of nitrogens with zero attached hydrogens (tertiary/aromatic N) is 1. The molecule has 0 aromatic heterocycles. The van der Waals surface area contributed by atoms with Crippen molar-refractivity contribution < 1.29 is 14.6 Å². The molecule has 100 valence electrons. The van der Waals surface area contributed by atoms with E-state index < -0.39 is 5.60 Å². The average Bonchev–Trinajstić information content (AvgIpc) is 2.65. The molecule has 4 nitrogen and oxygen atoms in total. The molecule has 1 aliphatic rings. The number of aliphatic hydroxyl groups is 1. The first kappa shape index (κ1) is 14.5. The van der Waals surface area contributed by atoms with Gasteiger partial charge in [0.05, 0.1) is 18.6 Å². The van der Waals surface area contributed by atoms with Crippen LogP contribution in [-0.4, -0.2) is 47.8 Å². The van der Waals surface area contributed by atoms with E-state index in [1.807, 2.05) is 20.9 Å². The Kier molecular flexibility index (Phi) is 5.40. The maximum absolute atomic E-state index is 11.4. The molecule has 1 saturated carbocycles. The maximum Gasteiger partial charge on any atom is 0.307 e. The first-order valence-electron chi connectivity index (χ1n) is 6.55. The van der Waals surface area contributed by atoms with Crippen molar-refractivity contribution in [1.82, 2.24) is 4.90 Å². The summed E-state index contributed by atoms with van der Waals surface area (Å²) in [7, 11) is 1.96. The summed E-state index contributed by atoms with van der Waals surface area (Å²) < 4.78 is 4.93. The van der Waals surface area contributed by atoms with Gasteiger partial charge in [0.2, 0.25) is 0 Å². The minimum Gasteiger partial charge on any atom is -0.466 e. The molecule has 1 fully saturated rings. The van der Waals surface area contributed by atoms with Gasteiger partial charge in [0, 0.05) is 12.6 Å². The molecule has 0 bridgehead atoms. The van der Waals surface area contributed by atoms with Crippen LogP contribution >= 0.6 is 0 Å². The highest BCUT2D eigenvalue weighted by Gasteiger charge is 2.33. The summed E-state index contributed by atoms with van der Waals surface area (Å²) >= 11 is 0. The number of ether oxygens (including phenoxy) is 1. The fourth-order valence-electron chi connectivity index (χ4n) is 2.43. The first-order valence-corrected chi connectivity index (χ1v) is 6.55. The molecule has 0 spiro atoms. The van der Waals surface area contributed by atoms with Crippen molar-refractivity contribution in [2.45, 2.75) is 57.6 Å². The number of likely N-dealkylation sites (N-methyl/N-ethyl adjacent to an activating group) is 1. The lowest BCUT2D eigenvalue weighted by atomic mass is 10.0. The molecule has 17 heavy (non-hydrogen) atoms. The number of esters is 1. The van der Waals surface area contributed by atoms with E-state index in [0.29, 0.717) is 19.6 Å². The smallest absolute Gasteiger partial charge is 0.307 e. The van der Waals surface area contributed by atoms with Crippen LogP contribution in [0.5, 0.6) is 0 Å². The summed E-state index contributed by atoms with van der Waals surface area (Å²) in [5.74, 6) is -0.162. The van der Waals surface area contributed by atoms with Gasteiger partial charge in [0.1, 0.15) is 0 Å². The van der Waals surface area contributed by atoms with Crippen LogP contribution in [0.1, 0.15) is 46.0 Å². The third-order valence-corrected chi connectivity index (χ3v) is 3.60. The molecule has 0 radical (unpaired) electrons. The molecule has 1 rings (SSSR count). The van der Waals surface area contributed by atoms with Gasteiger partial charge in [-0.25, -0.2) is 0 Å². The number of carbonyl (C=O) groups is 1. The standard InChI is InChI=1S/C13H25NO3/c1-4-17-12(15)9-11(2)14(3)10-13(16)7-5-6-8-13/h11,16H,4-10H2,1-3H3. The second kappa shape index (κ2) is 6.36. The molecule has 0 aromatic carbocycles. The highest BCUT2D eigenvalue weighted by atomic mass is 16.5. The lowest BCUT2D eigenvalue weighted by Gasteiger charge is -2.32. The summed E-state index contributed by atoms with van der Waals surface area (Å²) in [4.78, 5) is 13.4. The van der Waals surface area contributed by atoms with Crippen LogP contribution < -0.4 is 0 Å². The third-order valence-electron chi connectivity index (χ3n) is 3.60. The first-order chi connectivity index (χ1) is 7.97. The van der Waals surface area contributed by atoms with E-state index in [9.17, 15) is 9.90 Å². The van der Waals surface area contributed by atoms with Crippen molar-refractivity contribution in [3.05, 3.63) is 0 Å². The Hall–Kier alpha value is -0.610. The van der Waals surface area contributed by atoms with Crippen molar-refractivity contribution >= 4 is 5.97 Å². The van der Waals surface area contributed by atoms with Gasteiger partial charge in [-0.1, -0.05) is 12.8 Å². The molecule has 0 aliphatic heterocycles. The van der Waals surface area contributed by atoms with Crippen LogP contribution in [0.3, 0.4) is 0 Å². The zero-order valence-corrected chi connectivity index (χ0v) is 11.2. The van der Waals surface area contributed by atoms with E-state index in [0.717, 1.165) is 25.7 Å². The lowest BCUT2D eigenvalue weighted by molar-refractivity contribution is -0.144. The van der Waals surface area contributed by atoms with E-state index >= 15 is 0 Å². The third kappa shape index (κ3) is 4.64. The SMILES string of the molecule is CCOC(=O)CC(C)N(C)CC1(O)CCCC1. The van der Waals surface area contributed by atoms with Gasteiger partial charge in [-0.05, 0) is 33.7 Å². The molecule has 1 atom stereocenters. The second-order valence-electron chi connectivity index (χ2n) is 5.20. The zero-order valence-electron chi connectivity index (χ0n) is 11.2. The Morgan fingerprint density at radius 3 is 2.59 bits per heavy atom. The Labute approximate surface area is 104 Å². The molecule has 1 unspecified atom stereocenters. The minimum absolute atomic E-state index is 0.110. The van der Waals surface area contributed by atoms with Gasteiger partial charge in [-0.3, -0.25) is 4.79 Å². The minimum atomic E-state index is -0.544. The maximum atomic E-state index is 11.4. The Morgan fingerprint density at radius 1 is 1.47 bits per heavy atom. The molecule has 0 heterocycles. The van der Waals surface area contributed by atoms with Crippen LogP contribution in [0, 0.1) is 0 Å². The lowest BCUT2D eigenvalue weighted by Crippen LogP contribution is -2.43. The molecule has 0 amide bonds. The highest BCUT2D eigenvalue weighted by molar-refractivity contribution is 5.70. The van der Waals surface area contributed by atoms with E-state index in [-0.39, 0.29) is 12.0 Å². The van der Waals surface area contributed by atoms with E-state index in [4.69, 9.17) is 4.74 Å². The number of carbonyl (C=O) groups excluding carboxylic acids is 1. The molecular weight excluding hydrogens is 218 g/mol. The Balaban J connectivity index is 2.35. The fraction of sp³-hybridized carbons (Fsp3) is 0.923. The summed E-state index contributed by atoms with van der Waals surface area (Å²) in [6.45, 7) is 4.88. The quantitative estimate of drug-likeness (QED) is 0.719. The van der Waals surface area contributed by atoms with Gasteiger partial charge in [0.15, 0.2) is 0 Å². The molecule has 1 N–H and O–H groups in total. The summed E-state index contributed by atoms with van der Waals surface area (Å²) in [6.07, 6.45) is 4.36. The van der Waals surface area contributed by atoms with Crippen molar-refractivity contribution in [3.63, 3.8) is 0 Å². The van der Waals surface area contributed by atoms with Crippen molar-refractivity contribution in [1.29, 1.82) is 0 Å². The van der Waals surface area contributed by atoms with Crippen molar-refractivity contribution in [3.8, 4) is 0 Å². The molecule has 0 saturated heterocycles. The van der Waals surface area contributed by atoms with Gasteiger partial charge in [-0.15, -0.1) is 0 Å². The molecule has 0 aromatic rings. The van der Waals surface area contributed by atoms with E-state index in [1.165, 1.54) is 0 Å². The summed E-state index contributed by atoms with van der Waals surface area (Å²) in [6, 6.07) is 0.110. The summed E-state index contributed by atoms with van der Waals surface area (Å²) in [5, 5.41) is 10.3. The zero-order chi connectivity index (χ0) is 12.9. The van der Waals surface area contributed by atoms with Crippen LogP contribution in [0.2, 0.25) is 0 Å². The van der Waals surface area contributed by atoms with E-state index in [1.54, 1.807) is 0 Å². The van der Waals surface area contributed by atoms with Gasteiger partial charge in [0.25, 0.3) is 0 Å². The molecule has 4 heteroatoms. The van der Waals surface area contributed by atoms with Crippen LogP contribution in [0.25, 0.3) is 0 Å². The predicted molar refractivity (Wildman–Crippen MR) is 66.8 cm³/mol. The van der Waals surface area contributed by atoms with Crippen LogP contribution in [0.4, 0.5) is 0 Å². The van der Waals surface area contributed by atoms with Gasteiger partial charge < -0.3 is 14.7 Å². The topological polar surface area (TPSA) is 49.8 Å². The van der Waals surface area contributed by atoms with Gasteiger partial charge in [-0.2, -0.15) is 0 Å². The normalized spacial score (nSPS) is 20.5. The summed E-state index contributed by atoms with van der Waals surface area (Å²) in [5.41, 5.74) is -0.544. The average molecular weight is 243 g/mol. The fourth-order valence-corrected chi connectivity index (χ4v) is 2.43. The van der Waals surface area contributed by atoms with E-state index in [2.05, 4.69) is 4.90 Å². The molecular formula is C13H25NO3. The number of hydrogen-bond acceptors (Lipinski definition) is 4.